The molecule has 1 aromatic heterocycles. The van der Waals surface area contributed by atoms with Gasteiger partial charge in [0.15, 0.2) is 5.96 Å². The van der Waals surface area contributed by atoms with E-state index < -0.39 is 0 Å². The first-order chi connectivity index (χ1) is 9.69. The third-order valence-corrected chi connectivity index (χ3v) is 3.73. The summed E-state index contributed by atoms with van der Waals surface area (Å²) >= 11 is 1.73. The molecule has 0 fully saturated rings. The van der Waals surface area contributed by atoms with Gasteiger partial charge in [0.05, 0.1) is 17.3 Å². The second kappa shape index (κ2) is 9.72. The van der Waals surface area contributed by atoms with Crippen LogP contribution in [-0.4, -0.2) is 43.8 Å². The van der Waals surface area contributed by atoms with Crippen molar-refractivity contribution in [1.29, 1.82) is 0 Å². The number of nitrogens with zero attached hydrogens (tertiary/aromatic N) is 2. The van der Waals surface area contributed by atoms with Crippen molar-refractivity contribution >= 4 is 17.3 Å². The summed E-state index contributed by atoms with van der Waals surface area (Å²) in [5.41, 5.74) is 1.14. The standard InChI is InChI=1S/C14H26N4OS/c1-5-13-18-12(10-20-13)7-8-16-14(15-6-2)17-11(3)9-19-4/h10-11H,5-9H2,1-4H3,(H2,15,16,17). The minimum absolute atomic E-state index is 0.240. The van der Waals surface area contributed by atoms with Gasteiger partial charge < -0.3 is 15.4 Å². The highest BCUT2D eigenvalue weighted by atomic mass is 32.1. The van der Waals surface area contributed by atoms with Gasteiger partial charge in [-0.25, -0.2) is 4.98 Å². The van der Waals surface area contributed by atoms with Gasteiger partial charge in [0.25, 0.3) is 0 Å². The van der Waals surface area contributed by atoms with E-state index in [1.807, 2.05) is 0 Å². The van der Waals surface area contributed by atoms with Gasteiger partial charge in [0, 0.05) is 38.0 Å². The molecular weight excluding hydrogens is 272 g/mol. The summed E-state index contributed by atoms with van der Waals surface area (Å²) in [5, 5.41) is 9.88. The molecule has 0 aromatic carbocycles. The molecule has 1 atom stereocenters. The van der Waals surface area contributed by atoms with Crippen molar-refractivity contribution in [3.8, 4) is 0 Å². The van der Waals surface area contributed by atoms with Crippen LogP contribution in [0.15, 0.2) is 10.4 Å². The van der Waals surface area contributed by atoms with Crippen molar-refractivity contribution in [3.05, 3.63) is 16.1 Å². The summed E-state index contributed by atoms with van der Waals surface area (Å²) in [6.07, 6.45) is 1.89. The van der Waals surface area contributed by atoms with Crippen LogP contribution in [0.25, 0.3) is 0 Å². The molecule has 5 nitrogen and oxygen atoms in total. The van der Waals surface area contributed by atoms with Gasteiger partial charge in [-0.2, -0.15) is 0 Å². The first-order valence-corrected chi connectivity index (χ1v) is 8.04. The van der Waals surface area contributed by atoms with E-state index in [0.29, 0.717) is 6.61 Å². The monoisotopic (exact) mass is 298 g/mol. The molecule has 6 heteroatoms. The number of guanidine groups is 1. The molecule has 2 N–H and O–H groups in total. The number of rotatable bonds is 8. The summed E-state index contributed by atoms with van der Waals surface area (Å²) in [7, 11) is 1.70. The van der Waals surface area contributed by atoms with Gasteiger partial charge in [-0.1, -0.05) is 6.92 Å². The van der Waals surface area contributed by atoms with Crippen LogP contribution in [0.5, 0.6) is 0 Å². The van der Waals surface area contributed by atoms with Gasteiger partial charge >= 0.3 is 0 Å². The van der Waals surface area contributed by atoms with Gasteiger partial charge in [-0.3, -0.25) is 4.99 Å². The number of aromatic nitrogens is 1. The average Bonchev–Trinajstić information content (AvgIpc) is 2.87. The van der Waals surface area contributed by atoms with E-state index in [0.717, 1.165) is 37.6 Å². The molecule has 1 rings (SSSR count). The largest absolute Gasteiger partial charge is 0.383 e. The van der Waals surface area contributed by atoms with Gasteiger partial charge in [-0.05, 0) is 20.3 Å². The predicted octanol–water partition coefficient (Wildman–Crippen LogP) is 1.84. The number of aryl methyl sites for hydroxylation is 1. The fraction of sp³-hybridized carbons (Fsp3) is 0.714. The Morgan fingerprint density at radius 1 is 1.50 bits per heavy atom. The highest BCUT2D eigenvalue weighted by Gasteiger charge is 2.04. The van der Waals surface area contributed by atoms with Crippen LogP contribution in [0.1, 0.15) is 31.5 Å². The second-order valence-corrected chi connectivity index (χ2v) is 5.54. The van der Waals surface area contributed by atoms with Crippen LogP contribution >= 0.6 is 11.3 Å². The Hall–Kier alpha value is -1.14. The molecule has 0 aliphatic heterocycles. The third kappa shape index (κ3) is 6.34. The average molecular weight is 298 g/mol. The normalized spacial score (nSPS) is 13.3. The van der Waals surface area contributed by atoms with E-state index in [9.17, 15) is 0 Å². The molecular formula is C14H26N4OS. The quantitative estimate of drug-likeness (QED) is 0.568. The predicted molar refractivity (Wildman–Crippen MR) is 85.6 cm³/mol. The second-order valence-electron chi connectivity index (χ2n) is 4.60. The molecule has 0 amide bonds. The Balaban J connectivity index is 2.45. The molecule has 1 aromatic rings. The highest BCUT2D eigenvalue weighted by Crippen LogP contribution is 2.10. The minimum atomic E-state index is 0.240. The highest BCUT2D eigenvalue weighted by molar-refractivity contribution is 7.09. The summed E-state index contributed by atoms with van der Waals surface area (Å²) in [6.45, 7) is 8.52. The summed E-state index contributed by atoms with van der Waals surface area (Å²) < 4.78 is 5.12. The van der Waals surface area contributed by atoms with Crippen LogP contribution in [0.3, 0.4) is 0 Å². The van der Waals surface area contributed by atoms with Crippen molar-refractivity contribution < 1.29 is 4.74 Å². The van der Waals surface area contributed by atoms with E-state index >= 15 is 0 Å². The summed E-state index contributed by atoms with van der Waals surface area (Å²) in [5.74, 6) is 0.836. The topological polar surface area (TPSA) is 58.5 Å². The maximum absolute atomic E-state index is 5.12. The molecule has 0 bridgehead atoms. The van der Waals surface area contributed by atoms with E-state index in [1.54, 1.807) is 18.4 Å². The Morgan fingerprint density at radius 2 is 2.30 bits per heavy atom. The minimum Gasteiger partial charge on any atom is -0.383 e. The zero-order chi connectivity index (χ0) is 14.8. The molecule has 0 saturated heterocycles. The lowest BCUT2D eigenvalue weighted by Gasteiger charge is -2.16. The number of ether oxygens (including phenoxy) is 1. The fourth-order valence-electron chi connectivity index (χ4n) is 1.75. The number of hydrogen-bond acceptors (Lipinski definition) is 4. The molecule has 0 spiro atoms. The Labute approximate surface area is 125 Å². The number of nitrogens with one attached hydrogen (secondary N) is 2. The molecule has 0 aliphatic rings. The van der Waals surface area contributed by atoms with Crippen molar-refractivity contribution in [3.63, 3.8) is 0 Å². The van der Waals surface area contributed by atoms with Crippen molar-refractivity contribution in [2.24, 2.45) is 4.99 Å². The zero-order valence-corrected chi connectivity index (χ0v) is 13.7. The molecule has 20 heavy (non-hydrogen) atoms. The number of methoxy groups -OCH3 is 1. The van der Waals surface area contributed by atoms with Gasteiger partial charge in [0.2, 0.25) is 0 Å². The first kappa shape index (κ1) is 16.9. The van der Waals surface area contributed by atoms with Crippen molar-refractivity contribution in [1.82, 2.24) is 15.6 Å². The van der Waals surface area contributed by atoms with Crippen molar-refractivity contribution in [2.45, 2.75) is 39.7 Å². The number of hydrogen-bond donors (Lipinski definition) is 2. The van der Waals surface area contributed by atoms with Crippen LogP contribution in [0.2, 0.25) is 0 Å². The SMILES string of the molecule is CCNC(=NCCc1csc(CC)n1)NC(C)COC. The number of thiazole rings is 1. The molecule has 1 heterocycles. The van der Waals surface area contributed by atoms with E-state index in [4.69, 9.17) is 4.74 Å². The van der Waals surface area contributed by atoms with E-state index in [1.165, 1.54) is 5.01 Å². The lowest BCUT2D eigenvalue weighted by atomic mass is 10.3. The van der Waals surface area contributed by atoms with E-state index in [-0.39, 0.29) is 6.04 Å². The zero-order valence-electron chi connectivity index (χ0n) is 12.9. The van der Waals surface area contributed by atoms with Crippen molar-refractivity contribution in [2.75, 3.05) is 26.8 Å². The van der Waals surface area contributed by atoms with Crippen LogP contribution < -0.4 is 10.6 Å². The maximum Gasteiger partial charge on any atom is 0.191 e. The number of aliphatic imine (C=N–C) groups is 1. The Bertz CT molecular complexity index is 406. The first-order valence-electron chi connectivity index (χ1n) is 7.16. The Morgan fingerprint density at radius 3 is 2.90 bits per heavy atom. The lowest BCUT2D eigenvalue weighted by Crippen LogP contribution is -2.44. The summed E-state index contributed by atoms with van der Waals surface area (Å²) in [4.78, 5) is 9.12. The van der Waals surface area contributed by atoms with Crippen LogP contribution in [0, 0.1) is 0 Å². The Kier molecular flexibility index (Phi) is 8.22. The molecule has 114 valence electrons. The van der Waals surface area contributed by atoms with Gasteiger partial charge in [0.1, 0.15) is 0 Å². The summed E-state index contributed by atoms with van der Waals surface area (Å²) in [6, 6.07) is 0.240. The third-order valence-electron chi connectivity index (χ3n) is 2.68. The molecule has 0 saturated carbocycles. The molecule has 1 unspecified atom stereocenters. The van der Waals surface area contributed by atoms with Crippen LogP contribution in [0.4, 0.5) is 0 Å². The van der Waals surface area contributed by atoms with Gasteiger partial charge in [-0.15, -0.1) is 11.3 Å². The maximum atomic E-state index is 5.12. The molecule has 0 aliphatic carbocycles. The smallest absolute Gasteiger partial charge is 0.191 e. The van der Waals surface area contributed by atoms with Crippen LogP contribution in [-0.2, 0) is 17.6 Å². The fourth-order valence-corrected chi connectivity index (χ4v) is 2.53. The lowest BCUT2D eigenvalue weighted by molar-refractivity contribution is 0.179. The molecule has 0 radical (unpaired) electrons. The van der Waals surface area contributed by atoms with E-state index in [2.05, 4.69) is 46.8 Å².